The number of hydrogen-bond acceptors (Lipinski definition) is 5. The summed E-state index contributed by atoms with van der Waals surface area (Å²) in [6.07, 6.45) is 2.78. The molecule has 0 saturated heterocycles. The van der Waals surface area contributed by atoms with E-state index in [9.17, 15) is 9.59 Å². The van der Waals surface area contributed by atoms with Gasteiger partial charge in [0.2, 0.25) is 0 Å². The van der Waals surface area contributed by atoms with Crippen LogP contribution in [0.1, 0.15) is 17.5 Å². The zero-order valence-electron chi connectivity index (χ0n) is 12.8. The average Bonchev–Trinajstić information content (AvgIpc) is 2.76. The smallest absolute Gasteiger partial charge is 0.275 e. The molecule has 0 atom stereocenters. The fourth-order valence-electron chi connectivity index (χ4n) is 2.90. The third kappa shape index (κ3) is 2.67. The number of aryl methyl sites for hydroxylation is 1. The number of fused-ring (bicyclic) bond motifs is 1. The first-order chi connectivity index (χ1) is 11.2. The highest BCUT2D eigenvalue weighted by molar-refractivity contribution is 6.20. The zero-order valence-corrected chi connectivity index (χ0v) is 12.8. The van der Waals surface area contributed by atoms with Crippen LogP contribution in [0, 0.1) is 0 Å². The number of carbonyl (C=O) groups is 2. The Kier molecular flexibility index (Phi) is 4.27. The molecule has 23 heavy (non-hydrogen) atoms. The Morgan fingerprint density at radius 3 is 2.74 bits per heavy atom. The van der Waals surface area contributed by atoms with Gasteiger partial charge in [-0.05, 0) is 24.5 Å². The predicted molar refractivity (Wildman–Crippen MR) is 83.7 cm³/mol. The van der Waals surface area contributed by atoms with Crippen LogP contribution in [0.3, 0.4) is 0 Å². The molecule has 0 aromatic heterocycles. The first-order valence-corrected chi connectivity index (χ1v) is 7.47. The largest absolute Gasteiger partial charge is 0.496 e. The SMILES string of the molecule is CO/C1=C/C2=C(CCc3ccccc31)C(=O)N(NCCO)C2=O. The van der Waals surface area contributed by atoms with Gasteiger partial charge in [-0.15, -0.1) is 0 Å². The van der Waals surface area contributed by atoms with E-state index in [2.05, 4.69) is 5.43 Å². The van der Waals surface area contributed by atoms with Gasteiger partial charge in [0, 0.05) is 17.7 Å². The van der Waals surface area contributed by atoms with E-state index in [4.69, 9.17) is 9.84 Å². The van der Waals surface area contributed by atoms with Crippen molar-refractivity contribution in [3.05, 3.63) is 52.6 Å². The van der Waals surface area contributed by atoms with Gasteiger partial charge in [0.1, 0.15) is 5.76 Å². The molecule has 1 aliphatic heterocycles. The molecule has 0 bridgehead atoms. The number of carbonyl (C=O) groups excluding carboxylic acids is 2. The van der Waals surface area contributed by atoms with Crippen LogP contribution in [0.2, 0.25) is 0 Å². The number of hydrogen-bond donors (Lipinski definition) is 2. The van der Waals surface area contributed by atoms with Crippen molar-refractivity contribution in [2.45, 2.75) is 12.8 Å². The van der Waals surface area contributed by atoms with Gasteiger partial charge in [-0.25, -0.2) is 10.4 Å². The van der Waals surface area contributed by atoms with Crippen LogP contribution in [0.4, 0.5) is 0 Å². The normalized spacial score (nSPS) is 19.7. The lowest BCUT2D eigenvalue weighted by molar-refractivity contribution is -0.141. The molecular weight excluding hydrogens is 296 g/mol. The Balaban J connectivity index is 2.02. The van der Waals surface area contributed by atoms with E-state index in [1.165, 1.54) is 0 Å². The van der Waals surface area contributed by atoms with Crippen molar-refractivity contribution in [1.29, 1.82) is 0 Å². The van der Waals surface area contributed by atoms with Gasteiger partial charge < -0.3 is 9.84 Å². The quantitative estimate of drug-likeness (QED) is 0.803. The van der Waals surface area contributed by atoms with Gasteiger partial charge in [0.15, 0.2) is 0 Å². The number of hydrazine groups is 1. The van der Waals surface area contributed by atoms with E-state index in [0.717, 1.165) is 16.1 Å². The Morgan fingerprint density at radius 2 is 2.00 bits per heavy atom. The Hall–Kier alpha value is -2.44. The van der Waals surface area contributed by atoms with Crippen molar-refractivity contribution in [2.75, 3.05) is 20.3 Å². The fraction of sp³-hybridized carbons (Fsp3) is 0.294. The number of methoxy groups -OCH3 is 1. The van der Waals surface area contributed by atoms with Crippen LogP contribution in [0.25, 0.3) is 5.76 Å². The molecule has 0 spiro atoms. The molecule has 0 fully saturated rings. The van der Waals surface area contributed by atoms with Gasteiger partial charge in [0.25, 0.3) is 11.8 Å². The van der Waals surface area contributed by atoms with Crippen molar-refractivity contribution >= 4 is 17.6 Å². The standard InChI is InChI=1S/C17H18N2O4/c1-23-15-10-14-13(7-6-11-4-2-3-5-12(11)15)16(21)19(17(14)22)18-8-9-20/h2-5,10,18,20H,6-9H2,1H3/b15-10+. The van der Waals surface area contributed by atoms with Crippen molar-refractivity contribution in [1.82, 2.24) is 10.4 Å². The summed E-state index contributed by atoms with van der Waals surface area (Å²) >= 11 is 0. The first kappa shape index (κ1) is 15.5. The van der Waals surface area contributed by atoms with Gasteiger partial charge in [-0.3, -0.25) is 9.59 Å². The summed E-state index contributed by atoms with van der Waals surface area (Å²) in [7, 11) is 1.55. The number of aliphatic hydroxyl groups is 1. The molecule has 1 aromatic carbocycles. The summed E-state index contributed by atoms with van der Waals surface area (Å²) < 4.78 is 5.45. The van der Waals surface area contributed by atoms with Crippen LogP contribution >= 0.6 is 0 Å². The maximum Gasteiger partial charge on any atom is 0.275 e. The van der Waals surface area contributed by atoms with E-state index >= 15 is 0 Å². The maximum atomic E-state index is 12.5. The number of rotatable bonds is 4. The molecule has 6 heteroatoms. The number of amides is 2. The number of benzene rings is 1. The molecule has 2 N–H and O–H groups in total. The van der Waals surface area contributed by atoms with Crippen LogP contribution in [0.15, 0.2) is 41.5 Å². The fourth-order valence-corrected chi connectivity index (χ4v) is 2.90. The summed E-state index contributed by atoms with van der Waals surface area (Å²) in [5, 5.41) is 9.86. The van der Waals surface area contributed by atoms with Gasteiger partial charge in [0.05, 0.1) is 19.3 Å². The van der Waals surface area contributed by atoms with Crippen molar-refractivity contribution in [3.8, 4) is 0 Å². The minimum absolute atomic E-state index is 0.138. The second-order valence-electron chi connectivity index (χ2n) is 5.34. The van der Waals surface area contributed by atoms with Gasteiger partial charge in [-0.1, -0.05) is 24.3 Å². The highest BCUT2D eigenvalue weighted by atomic mass is 16.5. The van der Waals surface area contributed by atoms with E-state index in [-0.39, 0.29) is 19.1 Å². The zero-order chi connectivity index (χ0) is 16.4. The Morgan fingerprint density at radius 1 is 1.22 bits per heavy atom. The molecular formula is C17H18N2O4. The molecule has 0 saturated carbocycles. The van der Waals surface area contributed by atoms with Crippen molar-refractivity contribution in [2.24, 2.45) is 0 Å². The van der Waals surface area contributed by atoms with Crippen LogP contribution in [-0.4, -0.2) is 42.2 Å². The summed E-state index contributed by atoms with van der Waals surface area (Å²) in [4.78, 5) is 25.0. The van der Waals surface area contributed by atoms with Gasteiger partial charge >= 0.3 is 0 Å². The van der Waals surface area contributed by atoms with E-state index < -0.39 is 5.91 Å². The monoisotopic (exact) mass is 314 g/mol. The lowest BCUT2D eigenvalue weighted by atomic mass is 9.93. The maximum absolute atomic E-state index is 12.5. The molecule has 120 valence electrons. The highest BCUT2D eigenvalue weighted by Gasteiger charge is 2.38. The van der Waals surface area contributed by atoms with Crippen molar-refractivity contribution in [3.63, 3.8) is 0 Å². The third-order valence-corrected chi connectivity index (χ3v) is 4.02. The molecule has 1 aliphatic carbocycles. The molecule has 1 heterocycles. The highest BCUT2D eigenvalue weighted by Crippen LogP contribution is 2.32. The minimum atomic E-state index is -0.410. The Bertz CT molecular complexity index is 721. The molecule has 3 rings (SSSR count). The predicted octanol–water partition coefficient (Wildman–Crippen LogP) is 0.782. The van der Waals surface area contributed by atoms with Crippen LogP contribution in [0.5, 0.6) is 0 Å². The molecule has 2 amide bonds. The van der Waals surface area contributed by atoms with E-state index in [1.54, 1.807) is 13.2 Å². The average molecular weight is 314 g/mol. The summed E-state index contributed by atoms with van der Waals surface area (Å²) in [5.74, 6) is -0.199. The molecule has 2 aliphatic rings. The van der Waals surface area contributed by atoms with Crippen LogP contribution < -0.4 is 5.43 Å². The third-order valence-electron chi connectivity index (χ3n) is 4.02. The lowest BCUT2D eigenvalue weighted by Gasteiger charge is -2.15. The van der Waals surface area contributed by atoms with E-state index in [1.807, 2.05) is 24.3 Å². The first-order valence-electron chi connectivity index (χ1n) is 7.47. The topological polar surface area (TPSA) is 78.9 Å². The second-order valence-corrected chi connectivity index (χ2v) is 5.34. The number of ether oxygens (including phenoxy) is 1. The molecule has 6 nitrogen and oxygen atoms in total. The summed E-state index contributed by atoms with van der Waals surface area (Å²) in [6.45, 7) is -0.0224. The minimum Gasteiger partial charge on any atom is -0.496 e. The van der Waals surface area contributed by atoms with Crippen molar-refractivity contribution < 1.29 is 19.4 Å². The number of nitrogens with zero attached hydrogens (tertiary/aromatic N) is 1. The number of nitrogens with one attached hydrogen (secondary N) is 1. The van der Waals surface area contributed by atoms with Gasteiger partial charge in [-0.2, -0.15) is 0 Å². The number of imide groups is 1. The molecule has 0 radical (unpaired) electrons. The molecule has 0 unspecified atom stereocenters. The van der Waals surface area contributed by atoms with Crippen LogP contribution in [-0.2, 0) is 20.7 Å². The number of aliphatic hydroxyl groups excluding tert-OH is 1. The van der Waals surface area contributed by atoms with E-state index in [0.29, 0.717) is 29.7 Å². The summed E-state index contributed by atoms with van der Waals surface area (Å²) in [6, 6.07) is 7.80. The molecule has 1 aromatic rings. The Labute approximate surface area is 134 Å². The lowest BCUT2D eigenvalue weighted by Crippen LogP contribution is -2.44. The second kappa shape index (κ2) is 6.36. The summed E-state index contributed by atoms with van der Waals surface area (Å²) in [5.41, 5.74) is 5.50.